The van der Waals surface area contributed by atoms with Crippen molar-refractivity contribution in [3.8, 4) is 17.2 Å². The number of ether oxygens (including phenoxy) is 2. The highest BCUT2D eigenvalue weighted by Crippen LogP contribution is 2.51. The van der Waals surface area contributed by atoms with Crippen LogP contribution in [0, 0.1) is 0 Å². The molecule has 1 aliphatic carbocycles. The Morgan fingerprint density at radius 3 is 2.54 bits per heavy atom. The average Bonchev–Trinajstić information content (AvgIpc) is 3.03. The van der Waals surface area contributed by atoms with Gasteiger partial charge in [-0.25, -0.2) is 0 Å². The zero-order valence-corrected chi connectivity index (χ0v) is 12.1. The summed E-state index contributed by atoms with van der Waals surface area (Å²) in [6.07, 6.45) is -7.36. The van der Waals surface area contributed by atoms with Crippen molar-refractivity contribution in [2.45, 2.75) is 36.1 Å². The van der Waals surface area contributed by atoms with Crippen molar-refractivity contribution in [3.63, 3.8) is 0 Å². The van der Waals surface area contributed by atoms with Gasteiger partial charge in [0.15, 0.2) is 11.5 Å². The molecule has 0 unspecified atom stereocenters. The van der Waals surface area contributed by atoms with Crippen LogP contribution in [0.3, 0.4) is 0 Å². The molecule has 7 N–H and O–H groups in total. The van der Waals surface area contributed by atoms with Crippen LogP contribution >= 0.6 is 0 Å². The maximum absolute atomic E-state index is 12.3. The van der Waals surface area contributed by atoms with Gasteiger partial charge in [0.05, 0.1) is 11.6 Å². The lowest BCUT2D eigenvalue weighted by Gasteiger charge is -2.52. The Morgan fingerprint density at radius 1 is 1.12 bits per heavy atom. The smallest absolute Gasteiger partial charge is 0.256 e. The Labute approximate surface area is 134 Å². The van der Waals surface area contributed by atoms with Gasteiger partial charge in [0.1, 0.15) is 30.0 Å². The van der Waals surface area contributed by atoms with Crippen molar-refractivity contribution in [1.29, 1.82) is 0 Å². The first-order valence-electron chi connectivity index (χ1n) is 7.20. The number of aliphatic hydroxyl groups is 5. The summed E-state index contributed by atoms with van der Waals surface area (Å²) < 4.78 is 10.2. The van der Waals surface area contributed by atoms with Gasteiger partial charge in [-0.05, 0) is 6.07 Å². The molecule has 6 atom stereocenters. The van der Waals surface area contributed by atoms with E-state index in [0.717, 1.165) is 0 Å². The molecule has 1 aromatic rings. The Bertz CT molecular complexity index is 737. The summed E-state index contributed by atoms with van der Waals surface area (Å²) in [4.78, 5) is 12.3. The van der Waals surface area contributed by atoms with Crippen molar-refractivity contribution >= 4 is 5.91 Å². The summed E-state index contributed by atoms with van der Waals surface area (Å²) >= 11 is 0. The molecular weight excluding hydrogens is 326 g/mol. The zero-order chi connectivity index (χ0) is 17.4. The first-order valence-corrected chi connectivity index (χ1v) is 7.20. The molecule has 3 aliphatic rings. The number of carbonyl (C=O) groups is 1. The number of hydrogen-bond donors (Lipinski definition) is 7. The quantitative estimate of drug-likeness (QED) is 0.258. The highest BCUT2D eigenvalue weighted by molar-refractivity contribution is 6.02. The van der Waals surface area contributed by atoms with Gasteiger partial charge in [-0.15, -0.1) is 0 Å². The molecule has 1 fully saturated rings. The number of benzene rings is 1. The molecule has 1 aromatic carbocycles. The minimum absolute atomic E-state index is 0.0374. The second-order valence-corrected chi connectivity index (χ2v) is 6.07. The molecule has 10 nitrogen and oxygen atoms in total. The Morgan fingerprint density at radius 2 is 1.83 bits per heavy atom. The molecule has 4 rings (SSSR count). The number of phenolic OH excluding ortho intramolecular Hbond substituents is 1. The third-order valence-corrected chi connectivity index (χ3v) is 4.87. The third-order valence-electron chi connectivity index (χ3n) is 4.87. The fourth-order valence-corrected chi connectivity index (χ4v) is 3.60. The van der Waals surface area contributed by atoms with Gasteiger partial charge in [-0.1, -0.05) is 0 Å². The number of aromatic hydroxyl groups is 1. The van der Waals surface area contributed by atoms with Crippen LogP contribution in [-0.4, -0.2) is 73.8 Å². The number of nitrogens with one attached hydrogen (secondary N) is 1. The molecule has 2 heterocycles. The minimum atomic E-state index is -2.36. The number of phenols is 1. The minimum Gasteiger partial charge on any atom is -0.504 e. The number of amides is 1. The Balaban J connectivity index is 1.98. The van der Waals surface area contributed by atoms with Gasteiger partial charge in [0, 0.05) is 5.56 Å². The first-order chi connectivity index (χ1) is 11.3. The Kier molecular flexibility index (Phi) is 3.03. The van der Waals surface area contributed by atoms with E-state index in [2.05, 4.69) is 5.32 Å². The predicted octanol–water partition coefficient (Wildman–Crippen LogP) is -3.12. The number of hydrogen-bond acceptors (Lipinski definition) is 9. The maximum atomic E-state index is 12.3. The van der Waals surface area contributed by atoms with Crippen LogP contribution in [0.1, 0.15) is 15.9 Å². The van der Waals surface area contributed by atoms with E-state index < -0.39 is 47.7 Å². The number of rotatable bonds is 0. The topological polar surface area (TPSA) is 169 Å². The fourth-order valence-electron chi connectivity index (χ4n) is 3.60. The van der Waals surface area contributed by atoms with Crippen LogP contribution in [0.5, 0.6) is 17.2 Å². The summed E-state index contributed by atoms with van der Waals surface area (Å²) in [6, 6.07) is -0.311. The van der Waals surface area contributed by atoms with E-state index in [4.69, 9.17) is 9.47 Å². The van der Waals surface area contributed by atoms with Crippen molar-refractivity contribution in [2.75, 3.05) is 6.79 Å². The molecule has 130 valence electrons. The van der Waals surface area contributed by atoms with E-state index in [9.17, 15) is 35.4 Å². The summed E-state index contributed by atoms with van der Waals surface area (Å²) in [5.41, 5.74) is -2.97. The van der Waals surface area contributed by atoms with E-state index in [-0.39, 0.29) is 29.4 Å². The van der Waals surface area contributed by atoms with Crippen LogP contribution in [0.15, 0.2) is 6.07 Å². The van der Waals surface area contributed by atoms with Crippen LogP contribution < -0.4 is 14.8 Å². The molecule has 0 bridgehead atoms. The van der Waals surface area contributed by atoms with E-state index in [1.165, 1.54) is 6.07 Å². The third kappa shape index (κ3) is 1.63. The van der Waals surface area contributed by atoms with Crippen LogP contribution in [0.25, 0.3) is 0 Å². The Hall–Kier alpha value is -2.11. The number of fused-ring (bicyclic) bond motifs is 4. The normalized spacial score (nSPS) is 39.9. The molecule has 0 spiro atoms. The summed E-state index contributed by atoms with van der Waals surface area (Å²) in [7, 11) is 0. The molecule has 1 amide bonds. The standard InChI is InChI=1S/C14H15NO9/c16-6-5-3(1-4-10(6)24-2-23-4)14(22)11(15-13(5)21)8(18)7(17)9(19)12(14)20/h1,7-9,11-12,16-20,22H,2H2,(H,15,21)/t7-,8+,9-,11-,12+,14-/m0/s1. The summed E-state index contributed by atoms with van der Waals surface area (Å²) in [6.45, 7) is -0.207. The second-order valence-electron chi connectivity index (χ2n) is 6.07. The highest BCUT2D eigenvalue weighted by Gasteiger charge is 2.62. The second kappa shape index (κ2) is 4.71. The van der Waals surface area contributed by atoms with Crippen LogP contribution in [0.4, 0.5) is 0 Å². The van der Waals surface area contributed by atoms with E-state index in [1.54, 1.807) is 0 Å². The fraction of sp³-hybridized carbons (Fsp3) is 0.500. The van der Waals surface area contributed by atoms with Gasteiger partial charge in [0.25, 0.3) is 5.91 Å². The number of carbonyl (C=O) groups excluding carboxylic acids is 1. The lowest BCUT2D eigenvalue weighted by molar-refractivity contribution is -0.238. The highest BCUT2D eigenvalue weighted by atomic mass is 16.7. The van der Waals surface area contributed by atoms with Crippen molar-refractivity contribution in [1.82, 2.24) is 5.32 Å². The van der Waals surface area contributed by atoms with Crippen molar-refractivity contribution in [3.05, 3.63) is 17.2 Å². The van der Waals surface area contributed by atoms with Crippen LogP contribution in [0.2, 0.25) is 0 Å². The molecule has 0 aromatic heterocycles. The van der Waals surface area contributed by atoms with Crippen molar-refractivity contribution in [2.24, 2.45) is 0 Å². The molecule has 2 aliphatic heterocycles. The first kappa shape index (κ1) is 15.4. The predicted molar refractivity (Wildman–Crippen MR) is 73.4 cm³/mol. The monoisotopic (exact) mass is 341 g/mol. The zero-order valence-electron chi connectivity index (χ0n) is 12.1. The maximum Gasteiger partial charge on any atom is 0.256 e. The lowest BCUT2D eigenvalue weighted by atomic mass is 9.66. The van der Waals surface area contributed by atoms with Crippen molar-refractivity contribution < 1.29 is 44.9 Å². The summed E-state index contributed by atoms with van der Waals surface area (Å²) in [5, 5.41) is 63.7. The molecule has 1 saturated carbocycles. The lowest BCUT2D eigenvalue weighted by Crippen LogP contribution is -2.75. The van der Waals surface area contributed by atoms with Gasteiger partial charge in [0.2, 0.25) is 12.5 Å². The average molecular weight is 341 g/mol. The van der Waals surface area contributed by atoms with Gasteiger partial charge in [-0.2, -0.15) is 0 Å². The number of aliphatic hydroxyl groups excluding tert-OH is 4. The molecule has 24 heavy (non-hydrogen) atoms. The van der Waals surface area contributed by atoms with Crippen LogP contribution in [-0.2, 0) is 5.60 Å². The molecule has 0 radical (unpaired) electrons. The van der Waals surface area contributed by atoms with Gasteiger partial charge in [-0.3, -0.25) is 4.79 Å². The van der Waals surface area contributed by atoms with E-state index >= 15 is 0 Å². The van der Waals surface area contributed by atoms with E-state index in [1.807, 2.05) is 0 Å². The molecule has 10 heteroatoms. The van der Waals surface area contributed by atoms with Gasteiger partial charge >= 0.3 is 0 Å². The van der Waals surface area contributed by atoms with Gasteiger partial charge < -0.3 is 45.4 Å². The SMILES string of the molecule is O=C1N[C@H]2[C@H](O)[C@H](O)[C@H](O)[C@@H](O)[C@]2(O)c2cc3c(c(O)c21)OCO3. The summed E-state index contributed by atoms with van der Waals surface area (Å²) in [5.74, 6) is -1.48. The van der Waals surface area contributed by atoms with E-state index in [0.29, 0.717) is 0 Å². The largest absolute Gasteiger partial charge is 0.504 e. The molecular formula is C14H15NO9. The molecule has 0 saturated heterocycles.